The highest BCUT2D eigenvalue weighted by Crippen LogP contribution is 2.46. The van der Waals surface area contributed by atoms with Crippen molar-refractivity contribution >= 4 is 0 Å². The maximum atomic E-state index is 14.9. The second kappa shape index (κ2) is 9.00. The smallest absolute Gasteiger partial charge is 0.134 e. The van der Waals surface area contributed by atoms with Crippen LogP contribution in [0.1, 0.15) is 84.0 Å². The third-order valence-electron chi connectivity index (χ3n) is 7.94. The van der Waals surface area contributed by atoms with Gasteiger partial charge in [-0.05, 0) is 99.7 Å². The Morgan fingerprint density at radius 3 is 1.80 bits per heavy atom. The molecule has 0 heterocycles. The molecule has 0 aliphatic heterocycles. The van der Waals surface area contributed by atoms with Crippen molar-refractivity contribution < 1.29 is 8.78 Å². The first-order valence-electron chi connectivity index (χ1n) is 11.0. The van der Waals surface area contributed by atoms with Gasteiger partial charge in [-0.25, -0.2) is 8.78 Å². The van der Waals surface area contributed by atoms with E-state index < -0.39 is 12.3 Å². The van der Waals surface area contributed by atoms with Crippen LogP contribution in [0.4, 0.5) is 8.78 Å². The maximum Gasteiger partial charge on any atom is 0.134 e. The number of hydrogen-bond donors (Lipinski definition) is 0. The summed E-state index contributed by atoms with van der Waals surface area (Å²) in [5.74, 6) is 2.76. The lowest BCUT2D eigenvalue weighted by atomic mass is 9.65. The summed E-state index contributed by atoms with van der Waals surface area (Å²) in [6.45, 7) is 5.85. The highest BCUT2D eigenvalue weighted by Gasteiger charge is 2.40. The zero-order chi connectivity index (χ0) is 17.8. The van der Waals surface area contributed by atoms with Gasteiger partial charge in [-0.1, -0.05) is 25.8 Å². The maximum absolute atomic E-state index is 14.9. The predicted molar refractivity (Wildman–Crippen MR) is 102 cm³/mol. The zero-order valence-electron chi connectivity index (χ0n) is 16.1. The summed E-state index contributed by atoms with van der Waals surface area (Å²) in [6, 6.07) is 0. The van der Waals surface area contributed by atoms with Gasteiger partial charge in [0.15, 0.2) is 0 Å². The first-order valence-corrected chi connectivity index (χ1v) is 11.0. The van der Waals surface area contributed by atoms with Crippen LogP contribution in [0.2, 0.25) is 0 Å². The van der Waals surface area contributed by atoms with E-state index in [1.165, 1.54) is 38.5 Å². The van der Waals surface area contributed by atoms with Gasteiger partial charge < -0.3 is 0 Å². The molecule has 0 saturated heterocycles. The van der Waals surface area contributed by atoms with Gasteiger partial charge in [-0.3, -0.25) is 0 Å². The normalized spacial score (nSPS) is 46.8. The van der Waals surface area contributed by atoms with Gasteiger partial charge in [0.05, 0.1) is 0 Å². The summed E-state index contributed by atoms with van der Waals surface area (Å²) in [5, 5.41) is 0. The lowest BCUT2D eigenvalue weighted by Gasteiger charge is -2.41. The molecule has 0 aromatic rings. The Morgan fingerprint density at radius 1 is 0.680 bits per heavy atom. The molecule has 0 aromatic carbocycles. The topological polar surface area (TPSA) is 0 Å². The van der Waals surface area contributed by atoms with Gasteiger partial charge in [-0.15, -0.1) is 6.58 Å². The van der Waals surface area contributed by atoms with Crippen LogP contribution >= 0.6 is 0 Å². The molecule has 3 fully saturated rings. The fourth-order valence-electron chi connectivity index (χ4n) is 6.11. The average molecular weight is 353 g/mol. The first kappa shape index (κ1) is 19.4. The molecule has 0 spiro atoms. The van der Waals surface area contributed by atoms with Crippen LogP contribution in [0.5, 0.6) is 0 Å². The van der Waals surface area contributed by atoms with Crippen LogP contribution in [0.3, 0.4) is 0 Å². The lowest BCUT2D eigenvalue weighted by molar-refractivity contribution is 0.0124. The molecule has 0 N–H and O–H groups in total. The highest BCUT2D eigenvalue weighted by molar-refractivity contribution is 4.91. The lowest BCUT2D eigenvalue weighted by Crippen LogP contribution is -2.38. The van der Waals surface area contributed by atoms with E-state index in [9.17, 15) is 8.78 Å². The van der Waals surface area contributed by atoms with E-state index in [4.69, 9.17) is 0 Å². The Hall–Kier alpha value is -0.400. The van der Waals surface area contributed by atoms with E-state index in [-0.39, 0.29) is 11.8 Å². The van der Waals surface area contributed by atoms with Crippen molar-refractivity contribution in [2.45, 2.75) is 96.3 Å². The molecule has 144 valence electrons. The second-order valence-electron chi connectivity index (χ2n) is 9.40. The molecule has 3 rings (SSSR count). The summed E-state index contributed by atoms with van der Waals surface area (Å²) in [4.78, 5) is 0. The zero-order valence-corrected chi connectivity index (χ0v) is 16.1. The van der Waals surface area contributed by atoms with Crippen LogP contribution < -0.4 is 0 Å². The SMILES string of the molecule is C=CC1CCC(C2CCC(C3CCCCC(C)C(F)C3F)CC2)CC1. The van der Waals surface area contributed by atoms with E-state index in [0.717, 1.165) is 56.3 Å². The van der Waals surface area contributed by atoms with Crippen LogP contribution in [0.15, 0.2) is 12.7 Å². The van der Waals surface area contributed by atoms with E-state index in [1.54, 1.807) is 0 Å². The summed E-state index contributed by atoms with van der Waals surface area (Å²) >= 11 is 0. The predicted octanol–water partition coefficient (Wildman–Crippen LogP) is 7.29. The fraction of sp³-hybridized carbons (Fsp3) is 0.913. The molecule has 4 unspecified atom stereocenters. The molecule has 0 radical (unpaired) electrons. The quantitative estimate of drug-likeness (QED) is 0.468. The molecular formula is C23H38F2. The average Bonchev–Trinajstić information content (AvgIpc) is 2.66. The molecule has 0 bridgehead atoms. The van der Waals surface area contributed by atoms with Gasteiger partial charge in [0.1, 0.15) is 12.3 Å². The molecule has 25 heavy (non-hydrogen) atoms. The summed E-state index contributed by atoms with van der Waals surface area (Å²) in [7, 11) is 0. The second-order valence-corrected chi connectivity index (χ2v) is 9.40. The summed E-state index contributed by atoms with van der Waals surface area (Å²) in [6.07, 6.45) is 13.7. The van der Waals surface area contributed by atoms with Gasteiger partial charge in [0.2, 0.25) is 0 Å². The Balaban J connectivity index is 1.51. The van der Waals surface area contributed by atoms with Crippen LogP contribution in [0, 0.1) is 35.5 Å². The van der Waals surface area contributed by atoms with Gasteiger partial charge >= 0.3 is 0 Å². The number of halogens is 2. The van der Waals surface area contributed by atoms with E-state index in [2.05, 4.69) is 12.7 Å². The minimum Gasteiger partial charge on any atom is -0.244 e. The molecular weight excluding hydrogens is 314 g/mol. The molecule has 3 saturated carbocycles. The number of rotatable bonds is 3. The van der Waals surface area contributed by atoms with Gasteiger partial charge in [-0.2, -0.15) is 0 Å². The van der Waals surface area contributed by atoms with Crippen molar-refractivity contribution in [1.29, 1.82) is 0 Å². The van der Waals surface area contributed by atoms with Crippen molar-refractivity contribution in [2.24, 2.45) is 35.5 Å². The Kier molecular flexibility index (Phi) is 6.97. The molecule has 4 atom stereocenters. The largest absolute Gasteiger partial charge is 0.244 e. The van der Waals surface area contributed by atoms with E-state index >= 15 is 0 Å². The van der Waals surface area contributed by atoms with Crippen LogP contribution in [-0.2, 0) is 0 Å². The monoisotopic (exact) mass is 352 g/mol. The van der Waals surface area contributed by atoms with Crippen LogP contribution in [-0.4, -0.2) is 12.3 Å². The fourth-order valence-corrected chi connectivity index (χ4v) is 6.11. The summed E-state index contributed by atoms with van der Waals surface area (Å²) < 4.78 is 29.3. The highest BCUT2D eigenvalue weighted by atomic mass is 19.2. The molecule has 3 aliphatic rings. The minimum atomic E-state index is -1.24. The number of alkyl halides is 2. The Bertz CT molecular complexity index is 404. The number of hydrogen-bond acceptors (Lipinski definition) is 0. The Morgan fingerprint density at radius 2 is 1.20 bits per heavy atom. The van der Waals surface area contributed by atoms with Crippen molar-refractivity contribution in [1.82, 2.24) is 0 Å². The Labute approximate surface area is 153 Å². The standard InChI is InChI=1S/C23H38F2/c1-3-17-8-10-18(11-9-17)19-12-14-20(15-13-19)21-7-5-4-6-16(2)22(24)23(21)25/h3,16-23H,1,4-15H2,2H3. The van der Waals surface area contributed by atoms with Crippen molar-refractivity contribution in [3.05, 3.63) is 12.7 Å². The molecule has 3 aliphatic carbocycles. The molecule has 0 aromatic heterocycles. The van der Waals surface area contributed by atoms with Crippen molar-refractivity contribution in [3.63, 3.8) is 0 Å². The van der Waals surface area contributed by atoms with E-state index in [1.807, 2.05) is 6.92 Å². The first-order chi connectivity index (χ1) is 12.1. The van der Waals surface area contributed by atoms with Crippen molar-refractivity contribution in [3.8, 4) is 0 Å². The van der Waals surface area contributed by atoms with E-state index in [0.29, 0.717) is 5.92 Å². The summed E-state index contributed by atoms with van der Waals surface area (Å²) in [5.41, 5.74) is 0. The van der Waals surface area contributed by atoms with Gasteiger partial charge in [0.25, 0.3) is 0 Å². The third-order valence-corrected chi connectivity index (χ3v) is 7.94. The third kappa shape index (κ3) is 4.66. The van der Waals surface area contributed by atoms with Gasteiger partial charge in [0, 0.05) is 0 Å². The van der Waals surface area contributed by atoms with Crippen LogP contribution in [0.25, 0.3) is 0 Å². The molecule has 0 nitrogen and oxygen atoms in total. The number of allylic oxidation sites excluding steroid dienone is 1. The molecule has 2 heteroatoms. The minimum absolute atomic E-state index is 0.0183. The molecule has 0 amide bonds. The van der Waals surface area contributed by atoms with Crippen molar-refractivity contribution in [2.75, 3.05) is 0 Å².